The molecular formula is C19H15FN6O4. The van der Waals surface area contributed by atoms with E-state index in [1.54, 1.807) is 24.4 Å². The third-order valence-corrected chi connectivity index (χ3v) is 4.71. The molecule has 1 aromatic heterocycles. The molecule has 152 valence electrons. The number of carbonyl (C=O) groups is 2. The summed E-state index contributed by atoms with van der Waals surface area (Å²) in [5, 5.41) is 26.4. The Balaban J connectivity index is 1.70. The first-order valence-corrected chi connectivity index (χ1v) is 8.80. The van der Waals surface area contributed by atoms with Crippen LogP contribution in [0.25, 0.3) is 10.9 Å². The number of hydrogen-bond acceptors (Lipinski definition) is 5. The summed E-state index contributed by atoms with van der Waals surface area (Å²) < 4.78 is 13.7. The molecule has 0 radical (unpaired) electrons. The number of nitrogens with one attached hydrogen (secondary N) is 4. The summed E-state index contributed by atoms with van der Waals surface area (Å²) in [7, 11) is 0. The Bertz CT molecular complexity index is 1230. The number of anilines is 1. The Morgan fingerprint density at radius 2 is 2.07 bits per heavy atom. The van der Waals surface area contributed by atoms with Crippen LogP contribution in [0.15, 0.2) is 53.9 Å². The summed E-state index contributed by atoms with van der Waals surface area (Å²) in [4.78, 5) is 35.2. The SMILES string of the molecule is CC1=C(C(=O)Nc2ccc3[nH]ncc3c2)C(c2ccc(F)c([N+](=O)[O-])c2)NC(=O)N1. The molecule has 2 aromatic carbocycles. The van der Waals surface area contributed by atoms with E-state index in [4.69, 9.17) is 0 Å². The number of hydrogen-bond donors (Lipinski definition) is 4. The summed E-state index contributed by atoms with van der Waals surface area (Å²) in [6, 6.07) is 6.79. The first-order chi connectivity index (χ1) is 14.3. The summed E-state index contributed by atoms with van der Waals surface area (Å²) in [5.41, 5.74) is 1.16. The molecule has 0 spiro atoms. The minimum atomic E-state index is -1.01. The average molecular weight is 410 g/mol. The number of carbonyl (C=O) groups excluding carboxylic acids is 2. The van der Waals surface area contributed by atoms with Crippen molar-refractivity contribution in [3.8, 4) is 0 Å². The Hall–Kier alpha value is -4.28. The molecule has 3 aromatic rings. The van der Waals surface area contributed by atoms with E-state index in [0.29, 0.717) is 5.69 Å². The normalized spacial score (nSPS) is 16.2. The number of amides is 3. The monoisotopic (exact) mass is 410 g/mol. The van der Waals surface area contributed by atoms with E-state index in [-0.39, 0.29) is 16.8 Å². The quantitative estimate of drug-likeness (QED) is 0.386. The molecule has 10 nitrogen and oxygen atoms in total. The molecule has 0 saturated heterocycles. The molecular weight excluding hydrogens is 395 g/mol. The van der Waals surface area contributed by atoms with Gasteiger partial charge in [0, 0.05) is 22.8 Å². The number of nitro benzene ring substituents is 1. The van der Waals surface area contributed by atoms with Crippen molar-refractivity contribution in [2.24, 2.45) is 0 Å². The van der Waals surface area contributed by atoms with Gasteiger partial charge < -0.3 is 16.0 Å². The largest absolute Gasteiger partial charge is 0.327 e. The molecule has 0 fully saturated rings. The van der Waals surface area contributed by atoms with Gasteiger partial charge in [0.1, 0.15) is 0 Å². The number of allylic oxidation sites excluding steroid dienone is 1. The number of H-pyrrole nitrogens is 1. The van der Waals surface area contributed by atoms with Gasteiger partial charge in [-0.25, -0.2) is 4.79 Å². The minimum Gasteiger partial charge on any atom is -0.327 e. The number of nitrogens with zero attached hydrogens (tertiary/aromatic N) is 2. The summed E-state index contributed by atoms with van der Waals surface area (Å²) >= 11 is 0. The number of benzene rings is 2. The van der Waals surface area contributed by atoms with Crippen LogP contribution in [0.3, 0.4) is 0 Å². The fraction of sp³-hybridized carbons (Fsp3) is 0.105. The van der Waals surface area contributed by atoms with Crippen LogP contribution in [-0.4, -0.2) is 27.1 Å². The predicted molar refractivity (Wildman–Crippen MR) is 105 cm³/mol. The van der Waals surface area contributed by atoms with Crippen molar-refractivity contribution < 1.29 is 18.9 Å². The van der Waals surface area contributed by atoms with Crippen molar-refractivity contribution in [2.45, 2.75) is 13.0 Å². The molecule has 4 N–H and O–H groups in total. The van der Waals surface area contributed by atoms with Crippen molar-refractivity contribution in [3.63, 3.8) is 0 Å². The van der Waals surface area contributed by atoms with Crippen LogP contribution >= 0.6 is 0 Å². The lowest BCUT2D eigenvalue weighted by molar-refractivity contribution is -0.387. The predicted octanol–water partition coefficient (Wildman–Crippen LogP) is 2.88. The second-order valence-corrected chi connectivity index (χ2v) is 6.66. The highest BCUT2D eigenvalue weighted by Crippen LogP contribution is 2.31. The molecule has 30 heavy (non-hydrogen) atoms. The number of fused-ring (bicyclic) bond motifs is 1. The number of nitro groups is 1. The molecule has 2 heterocycles. The van der Waals surface area contributed by atoms with Gasteiger partial charge in [-0.1, -0.05) is 6.07 Å². The molecule has 1 atom stereocenters. The van der Waals surface area contributed by atoms with E-state index in [0.717, 1.165) is 23.0 Å². The summed E-state index contributed by atoms with van der Waals surface area (Å²) in [6.45, 7) is 1.54. The third kappa shape index (κ3) is 3.43. The number of urea groups is 1. The van der Waals surface area contributed by atoms with E-state index in [1.807, 2.05) is 0 Å². The zero-order valence-corrected chi connectivity index (χ0v) is 15.5. The first kappa shape index (κ1) is 19.1. The molecule has 0 aliphatic carbocycles. The van der Waals surface area contributed by atoms with Gasteiger partial charge in [0.25, 0.3) is 5.91 Å². The lowest BCUT2D eigenvalue weighted by Gasteiger charge is -2.28. The summed E-state index contributed by atoms with van der Waals surface area (Å²) in [6.07, 6.45) is 1.61. The maximum absolute atomic E-state index is 13.7. The topological polar surface area (TPSA) is 142 Å². The van der Waals surface area contributed by atoms with Crippen LogP contribution in [0.4, 0.5) is 20.6 Å². The van der Waals surface area contributed by atoms with Gasteiger partial charge in [0.05, 0.1) is 28.3 Å². The highest BCUT2D eigenvalue weighted by molar-refractivity contribution is 6.07. The smallest absolute Gasteiger partial charge is 0.319 e. The van der Waals surface area contributed by atoms with Gasteiger partial charge in [0.15, 0.2) is 0 Å². The highest BCUT2D eigenvalue weighted by Gasteiger charge is 2.32. The minimum absolute atomic E-state index is 0.141. The number of halogens is 1. The first-order valence-electron chi connectivity index (χ1n) is 8.80. The Morgan fingerprint density at radius 1 is 1.27 bits per heavy atom. The molecule has 0 bridgehead atoms. The van der Waals surface area contributed by atoms with Gasteiger partial charge in [-0.2, -0.15) is 9.49 Å². The highest BCUT2D eigenvalue weighted by atomic mass is 19.1. The van der Waals surface area contributed by atoms with Gasteiger partial charge in [0.2, 0.25) is 5.82 Å². The zero-order chi connectivity index (χ0) is 21.4. The lowest BCUT2D eigenvalue weighted by Crippen LogP contribution is -2.46. The van der Waals surface area contributed by atoms with Gasteiger partial charge in [-0.05, 0) is 36.8 Å². The molecule has 4 rings (SSSR count). The van der Waals surface area contributed by atoms with E-state index in [2.05, 4.69) is 26.1 Å². The van der Waals surface area contributed by atoms with Crippen LogP contribution in [-0.2, 0) is 4.79 Å². The fourth-order valence-corrected chi connectivity index (χ4v) is 3.31. The maximum atomic E-state index is 13.7. The number of aromatic nitrogens is 2. The number of rotatable bonds is 4. The zero-order valence-electron chi connectivity index (χ0n) is 15.5. The van der Waals surface area contributed by atoms with Gasteiger partial charge >= 0.3 is 11.7 Å². The van der Waals surface area contributed by atoms with Crippen molar-refractivity contribution in [1.82, 2.24) is 20.8 Å². The molecule has 1 aliphatic rings. The fourth-order valence-electron chi connectivity index (χ4n) is 3.31. The standard InChI is InChI=1S/C19H15FN6O4/c1-9-16(18(27)23-12-3-5-14-11(6-12)8-21-25-14)17(24-19(28)22-9)10-2-4-13(20)15(7-10)26(29)30/h2-8,17H,1H3,(H,21,25)(H,23,27)(H2,22,24,28). The van der Waals surface area contributed by atoms with Crippen LogP contribution in [0.2, 0.25) is 0 Å². The van der Waals surface area contributed by atoms with E-state index in [1.165, 1.54) is 13.0 Å². The Labute approximate surface area is 168 Å². The van der Waals surface area contributed by atoms with Gasteiger partial charge in [-0.3, -0.25) is 20.0 Å². The van der Waals surface area contributed by atoms with Crippen LogP contribution in [0.5, 0.6) is 0 Å². The van der Waals surface area contributed by atoms with E-state index in [9.17, 15) is 24.1 Å². The second kappa shape index (κ2) is 7.28. The molecule has 1 aliphatic heterocycles. The molecule has 11 heteroatoms. The van der Waals surface area contributed by atoms with Crippen molar-refractivity contribution >= 4 is 34.2 Å². The summed E-state index contributed by atoms with van der Waals surface area (Å²) in [5.74, 6) is -1.54. The molecule has 1 unspecified atom stereocenters. The van der Waals surface area contributed by atoms with Crippen LogP contribution in [0, 0.1) is 15.9 Å². The molecule has 0 saturated carbocycles. The Morgan fingerprint density at radius 3 is 2.83 bits per heavy atom. The van der Waals surface area contributed by atoms with Crippen LogP contribution in [0.1, 0.15) is 18.5 Å². The molecule has 3 amide bonds. The second-order valence-electron chi connectivity index (χ2n) is 6.66. The number of aromatic amines is 1. The van der Waals surface area contributed by atoms with Crippen molar-refractivity contribution in [1.29, 1.82) is 0 Å². The van der Waals surface area contributed by atoms with Gasteiger partial charge in [-0.15, -0.1) is 0 Å². The Kier molecular flexibility index (Phi) is 4.62. The van der Waals surface area contributed by atoms with E-state index >= 15 is 0 Å². The van der Waals surface area contributed by atoms with Crippen molar-refractivity contribution in [3.05, 3.63) is 75.4 Å². The van der Waals surface area contributed by atoms with Crippen molar-refractivity contribution in [2.75, 3.05) is 5.32 Å². The third-order valence-electron chi connectivity index (χ3n) is 4.71. The lowest BCUT2D eigenvalue weighted by atomic mass is 9.94. The maximum Gasteiger partial charge on any atom is 0.319 e. The van der Waals surface area contributed by atoms with Crippen LogP contribution < -0.4 is 16.0 Å². The van der Waals surface area contributed by atoms with E-state index < -0.39 is 34.4 Å². The average Bonchev–Trinajstić information content (AvgIpc) is 3.15.